The van der Waals surface area contributed by atoms with E-state index in [1.165, 1.54) is 5.39 Å². The number of carbonyl (C=O) groups is 1. The van der Waals surface area contributed by atoms with Crippen molar-refractivity contribution < 1.29 is 4.79 Å². The average molecular weight is 563 g/mol. The molecule has 8 heteroatoms. The minimum absolute atomic E-state index is 0.105. The molecule has 5 rings (SSSR count). The number of amides is 1. The molecule has 36 heavy (non-hydrogen) atoms. The van der Waals surface area contributed by atoms with Crippen molar-refractivity contribution in [1.29, 1.82) is 0 Å². The van der Waals surface area contributed by atoms with Gasteiger partial charge in [0.25, 0.3) is 0 Å². The van der Waals surface area contributed by atoms with Crippen molar-refractivity contribution in [2.24, 2.45) is 0 Å². The van der Waals surface area contributed by atoms with Crippen molar-refractivity contribution in [3.05, 3.63) is 94.1 Å². The molecule has 0 aliphatic carbocycles. The van der Waals surface area contributed by atoms with Gasteiger partial charge in [-0.3, -0.25) is 4.79 Å². The lowest BCUT2D eigenvalue weighted by Crippen LogP contribution is -2.30. The molecule has 6 nitrogen and oxygen atoms in total. The predicted octanol–water partition coefficient (Wildman–Crippen LogP) is 6.47. The maximum atomic E-state index is 12.8. The van der Waals surface area contributed by atoms with Crippen LogP contribution in [0.2, 0.25) is 5.02 Å². The van der Waals surface area contributed by atoms with Crippen LogP contribution in [0.1, 0.15) is 12.0 Å². The zero-order valence-electron chi connectivity index (χ0n) is 19.8. The molecule has 3 aromatic carbocycles. The third kappa shape index (κ3) is 5.22. The topological polar surface area (TPSA) is 62.5 Å². The smallest absolute Gasteiger partial charge is 0.226 e. The van der Waals surface area contributed by atoms with Crippen molar-refractivity contribution in [3.8, 4) is 11.3 Å². The minimum Gasteiger partial charge on any atom is -0.370 e. The van der Waals surface area contributed by atoms with Gasteiger partial charge in [-0.05, 0) is 44.8 Å². The molecular weight excluding hydrogens is 538 g/mol. The van der Waals surface area contributed by atoms with E-state index in [-0.39, 0.29) is 5.91 Å². The lowest BCUT2D eigenvalue weighted by molar-refractivity contribution is -0.129. The van der Waals surface area contributed by atoms with E-state index in [0.29, 0.717) is 30.2 Å². The number of halogens is 2. The van der Waals surface area contributed by atoms with Gasteiger partial charge in [-0.2, -0.15) is 9.61 Å². The highest BCUT2D eigenvalue weighted by Gasteiger charge is 2.14. The number of nitrogens with one attached hydrogen (secondary N) is 1. The summed E-state index contributed by atoms with van der Waals surface area (Å²) < 4.78 is 2.57. The van der Waals surface area contributed by atoms with Gasteiger partial charge in [-0.25, -0.2) is 4.98 Å². The van der Waals surface area contributed by atoms with Crippen LogP contribution in [-0.4, -0.2) is 45.5 Å². The fraction of sp³-hybridized carbons (Fsp3) is 0.179. The molecule has 0 saturated heterocycles. The number of anilines is 1. The molecule has 0 radical (unpaired) electrons. The highest BCUT2D eigenvalue weighted by molar-refractivity contribution is 9.10. The number of hydrogen-bond acceptors (Lipinski definition) is 4. The minimum atomic E-state index is 0.105. The molecular formula is C28H25BrClN5O. The normalized spacial score (nSPS) is 11.2. The summed E-state index contributed by atoms with van der Waals surface area (Å²) in [7, 11) is 1.86. The van der Waals surface area contributed by atoms with Gasteiger partial charge in [-0.1, -0.05) is 72.3 Å². The molecule has 0 atom stereocenters. The Morgan fingerprint density at radius 1 is 1.06 bits per heavy atom. The second-order valence-corrected chi connectivity index (χ2v) is 9.95. The first-order valence-electron chi connectivity index (χ1n) is 11.7. The third-order valence-corrected chi connectivity index (χ3v) is 7.04. The van der Waals surface area contributed by atoms with Gasteiger partial charge in [-0.15, -0.1) is 0 Å². The summed E-state index contributed by atoms with van der Waals surface area (Å²) in [6, 6.07) is 24.0. The molecule has 1 amide bonds. The van der Waals surface area contributed by atoms with Gasteiger partial charge in [0.2, 0.25) is 5.91 Å². The molecule has 0 aliphatic rings. The van der Waals surface area contributed by atoms with Crippen molar-refractivity contribution in [3.63, 3.8) is 0 Å². The SMILES string of the molecule is CN(CCCNc1cc(-c2ccccc2Cl)nc2c(Br)cnn12)C(=O)Cc1ccc2ccccc2c1. The Balaban J connectivity index is 1.22. The molecule has 2 aromatic heterocycles. The van der Waals surface area contributed by atoms with E-state index in [0.717, 1.165) is 38.9 Å². The Hall–Kier alpha value is -3.42. The Morgan fingerprint density at radius 2 is 1.83 bits per heavy atom. The molecule has 0 aliphatic heterocycles. The van der Waals surface area contributed by atoms with Crippen molar-refractivity contribution >= 4 is 55.7 Å². The first-order chi connectivity index (χ1) is 17.5. The summed E-state index contributed by atoms with van der Waals surface area (Å²) in [5, 5.41) is 10.9. The first kappa shape index (κ1) is 24.3. The van der Waals surface area contributed by atoms with Gasteiger partial charge in [0.15, 0.2) is 5.65 Å². The maximum Gasteiger partial charge on any atom is 0.226 e. The number of aromatic nitrogens is 3. The maximum absolute atomic E-state index is 12.8. The molecule has 2 heterocycles. The van der Waals surface area contributed by atoms with E-state index in [1.54, 1.807) is 15.6 Å². The van der Waals surface area contributed by atoms with Crippen LogP contribution in [0.3, 0.4) is 0 Å². The zero-order chi connectivity index (χ0) is 25.1. The second-order valence-electron chi connectivity index (χ2n) is 8.69. The van der Waals surface area contributed by atoms with Gasteiger partial charge < -0.3 is 10.2 Å². The summed E-state index contributed by atoms with van der Waals surface area (Å²) in [6.07, 6.45) is 2.90. The van der Waals surface area contributed by atoms with Gasteiger partial charge in [0, 0.05) is 36.8 Å². The summed E-state index contributed by atoms with van der Waals surface area (Å²) in [5.41, 5.74) is 3.35. The first-order valence-corrected chi connectivity index (χ1v) is 12.9. The summed E-state index contributed by atoms with van der Waals surface area (Å²) in [4.78, 5) is 19.3. The molecule has 0 spiro atoms. The molecule has 182 valence electrons. The van der Waals surface area contributed by atoms with Crippen molar-refractivity contribution in [2.75, 3.05) is 25.5 Å². The Kier molecular flexibility index (Phi) is 7.20. The lowest BCUT2D eigenvalue weighted by Gasteiger charge is -2.18. The number of benzene rings is 3. The summed E-state index contributed by atoms with van der Waals surface area (Å²) >= 11 is 9.95. The summed E-state index contributed by atoms with van der Waals surface area (Å²) in [5.74, 6) is 0.916. The van der Waals surface area contributed by atoms with E-state index in [1.807, 2.05) is 55.6 Å². The fourth-order valence-corrected chi connectivity index (χ4v) is 4.77. The molecule has 1 N–H and O–H groups in total. The number of hydrogen-bond donors (Lipinski definition) is 1. The average Bonchev–Trinajstić information content (AvgIpc) is 3.27. The van der Waals surface area contributed by atoms with Crippen LogP contribution < -0.4 is 5.32 Å². The van der Waals surface area contributed by atoms with Gasteiger partial charge in [0.1, 0.15) is 5.82 Å². The van der Waals surface area contributed by atoms with Crippen LogP contribution >= 0.6 is 27.5 Å². The van der Waals surface area contributed by atoms with Crippen LogP contribution in [-0.2, 0) is 11.2 Å². The summed E-state index contributed by atoms with van der Waals surface area (Å²) in [6.45, 7) is 1.32. The van der Waals surface area contributed by atoms with Crippen LogP contribution in [0.4, 0.5) is 5.82 Å². The zero-order valence-corrected chi connectivity index (χ0v) is 22.1. The van der Waals surface area contributed by atoms with Crippen LogP contribution in [0, 0.1) is 0 Å². The Morgan fingerprint density at radius 3 is 2.67 bits per heavy atom. The van der Waals surface area contributed by atoms with E-state index < -0.39 is 0 Å². The highest BCUT2D eigenvalue weighted by atomic mass is 79.9. The van der Waals surface area contributed by atoms with E-state index in [9.17, 15) is 4.79 Å². The van der Waals surface area contributed by atoms with Crippen LogP contribution in [0.25, 0.3) is 27.7 Å². The molecule has 0 unspecified atom stereocenters. The lowest BCUT2D eigenvalue weighted by atomic mass is 10.0. The number of carbonyl (C=O) groups excluding carboxylic acids is 1. The monoisotopic (exact) mass is 561 g/mol. The van der Waals surface area contributed by atoms with E-state index in [2.05, 4.69) is 50.6 Å². The van der Waals surface area contributed by atoms with Crippen LogP contribution in [0.5, 0.6) is 0 Å². The van der Waals surface area contributed by atoms with Gasteiger partial charge in [0.05, 0.1) is 22.8 Å². The second kappa shape index (κ2) is 10.7. The highest BCUT2D eigenvalue weighted by Crippen LogP contribution is 2.30. The van der Waals surface area contributed by atoms with Crippen molar-refractivity contribution in [2.45, 2.75) is 12.8 Å². The molecule has 0 saturated carbocycles. The largest absolute Gasteiger partial charge is 0.370 e. The molecule has 0 bridgehead atoms. The number of nitrogens with zero attached hydrogens (tertiary/aromatic N) is 4. The van der Waals surface area contributed by atoms with Crippen molar-refractivity contribution in [1.82, 2.24) is 19.5 Å². The Bertz CT molecular complexity index is 1550. The third-order valence-electron chi connectivity index (χ3n) is 6.15. The van der Waals surface area contributed by atoms with Crippen LogP contribution in [0.15, 0.2) is 83.5 Å². The number of fused-ring (bicyclic) bond motifs is 2. The number of likely N-dealkylation sites (N-methyl/N-ethyl adjacent to an activating group) is 1. The quantitative estimate of drug-likeness (QED) is 0.220. The fourth-order valence-electron chi connectivity index (χ4n) is 4.18. The predicted molar refractivity (Wildman–Crippen MR) is 150 cm³/mol. The standard InChI is InChI=1S/C28H25BrClN5O/c1-34(27(36)16-19-11-12-20-7-2-3-8-21(20)15-19)14-6-13-31-26-17-25(22-9-4-5-10-24(22)30)33-28-23(29)18-32-35(26)28/h2-5,7-12,15,17-18,31H,6,13-14,16H2,1H3. The van der Waals surface area contributed by atoms with E-state index >= 15 is 0 Å². The Labute approximate surface area is 223 Å². The van der Waals surface area contributed by atoms with Gasteiger partial charge >= 0.3 is 0 Å². The number of rotatable bonds is 8. The molecule has 0 fully saturated rings. The molecule has 5 aromatic rings. The van der Waals surface area contributed by atoms with E-state index in [4.69, 9.17) is 16.6 Å².